The van der Waals surface area contributed by atoms with Crippen LogP contribution in [0.3, 0.4) is 0 Å². The topological polar surface area (TPSA) is 55.4 Å². The van der Waals surface area contributed by atoms with Gasteiger partial charge in [-0.05, 0) is 30.2 Å². The standard InChI is InChI=1S/C16H17Cl2NO3S/c17-15-8-7-14(11-16(15)18)23(20,21)19-9-4-10-22-12-13-5-2-1-3-6-13/h1-3,5-8,11,19H,4,9-10,12H2. The van der Waals surface area contributed by atoms with Gasteiger partial charge in [-0.1, -0.05) is 53.5 Å². The van der Waals surface area contributed by atoms with Gasteiger partial charge in [-0.15, -0.1) is 0 Å². The summed E-state index contributed by atoms with van der Waals surface area (Å²) in [5, 5.41) is 0.528. The number of sulfonamides is 1. The predicted octanol–water partition coefficient (Wildman–Crippen LogP) is 3.88. The average molecular weight is 374 g/mol. The highest BCUT2D eigenvalue weighted by Crippen LogP contribution is 2.24. The normalized spacial score (nSPS) is 11.6. The van der Waals surface area contributed by atoms with Crippen LogP contribution < -0.4 is 4.72 Å². The Morgan fingerprint density at radius 1 is 1.00 bits per heavy atom. The van der Waals surface area contributed by atoms with E-state index in [0.29, 0.717) is 24.7 Å². The Balaban J connectivity index is 1.73. The number of halogens is 2. The minimum atomic E-state index is -3.59. The maximum absolute atomic E-state index is 12.1. The first-order valence-corrected chi connectivity index (χ1v) is 9.29. The van der Waals surface area contributed by atoms with Crippen molar-refractivity contribution in [3.05, 3.63) is 64.1 Å². The Bertz CT molecular complexity index is 736. The first-order valence-electron chi connectivity index (χ1n) is 7.05. The molecule has 0 saturated carbocycles. The van der Waals surface area contributed by atoms with Crippen LogP contribution in [0.25, 0.3) is 0 Å². The molecule has 0 amide bonds. The van der Waals surface area contributed by atoms with E-state index in [2.05, 4.69) is 4.72 Å². The van der Waals surface area contributed by atoms with Crippen molar-refractivity contribution in [2.75, 3.05) is 13.2 Å². The van der Waals surface area contributed by atoms with Gasteiger partial charge >= 0.3 is 0 Å². The fourth-order valence-electron chi connectivity index (χ4n) is 1.87. The molecule has 2 rings (SSSR count). The van der Waals surface area contributed by atoms with Crippen LogP contribution in [0, 0.1) is 0 Å². The molecule has 2 aromatic carbocycles. The smallest absolute Gasteiger partial charge is 0.240 e. The van der Waals surface area contributed by atoms with Crippen LogP contribution in [0.1, 0.15) is 12.0 Å². The second-order valence-electron chi connectivity index (χ2n) is 4.87. The zero-order chi connectivity index (χ0) is 16.7. The van der Waals surface area contributed by atoms with Gasteiger partial charge < -0.3 is 4.74 Å². The van der Waals surface area contributed by atoms with E-state index in [9.17, 15) is 8.42 Å². The summed E-state index contributed by atoms with van der Waals surface area (Å²) in [6.07, 6.45) is 0.577. The second-order valence-corrected chi connectivity index (χ2v) is 7.45. The van der Waals surface area contributed by atoms with Gasteiger partial charge in [0.2, 0.25) is 10.0 Å². The van der Waals surface area contributed by atoms with Crippen LogP contribution in [0.15, 0.2) is 53.4 Å². The van der Waals surface area contributed by atoms with E-state index < -0.39 is 10.0 Å². The highest BCUT2D eigenvalue weighted by molar-refractivity contribution is 7.89. The Labute approximate surface area is 146 Å². The Kier molecular flexibility index (Phi) is 6.87. The van der Waals surface area contributed by atoms with Crippen LogP contribution in [-0.4, -0.2) is 21.6 Å². The zero-order valence-corrected chi connectivity index (χ0v) is 14.7. The minimum Gasteiger partial charge on any atom is -0.377 e. The molecule has 0 aliphatic carbocycles. The lowest BCUT2D eigenvalue weighted by atomic mass is 10.2. The minimum absolute atomic E-state index is 0.0945. The molecule has 0 aromatic heterocycles. The fraction of sp³-hybridized carbons (Fsp3) is 0.250. The molecule has 124 valence electrons. The molecule has 0 bridgehead atoms. The van der Waals surface area contributed by atoms with Crippen molar-refractivity contribution < 1.29 is 13.2 Å². The summed E-state index contributed by atoms with van der Waals surface area (Å²) in [5.41, 5.74) is 1.09. The highest BCUT2D eigenvalue weighted by Gasteiger charge is 2.14. The van der Waals surface area contributed by atoms with Gasteiger partial charge in [0.1, 0.15) is 0 Å². The quantitative estimate of drug-likeness (QED) is 0.714. The molecule has 0 heterocycles. The van der Waals surface area contributed by atoms with Crippen LogP contribution >= 0.6 is 23.2 Å². The number of hydrogen-bond donors (Lipinski definition) is 1. The van der Waals surface area contributed by atoms with E-state index in [1.807, 2.05) is 30.3 Å². The highest BCUT2D eigenvalue weighted by atomic mass is 35.5. The van der Waals surface area contributed by atoms with E-state index >= 15 is 0 Å². The summed E-state index contributed by atoms with van der Waals surface area (Å²) in [6.45, 7) is 1.27. The van der Waals surface area contributed by atoms with Gasteiger partial charge in [0.05, 0.1) is 21.5 Å². The van der Waals surface area contributed by atoms with Crippen molar-refractivity contribution in [3.8, 4) is 0 Å². The van der Waals surface area contributed by atoms with Crippen molar-refractivity contribution in [2.45, 2.75) is 17.9 Å². The third kappa shape index (κ3) is 5.79. The van der Waals surface area contributed by atoms with Crippen molar-refractivity contribution in [1.29, 1.82) is 0 Å². The lowest BCUT2D eigenvalue weighted by molar-refractivity contribution is 0.119. The van der Waals surface area contributed by atoms with Gasteiger partial charge in [-0.3, -0.25) is 0 Å². The van der Waals surface area contributed by atoms with Gasteiger partial charge in [-0.25, -0.2) is 13.1 Å². The molecule has 1 N–H and O–H groups in total. The summed E-state index contributed by atoms with van der Waals surface area (Å²) < 4.78 is 32.2. The molecule has 0 fully saturated rings. The number of nitrogens with one attached hydrogen (secondary N) is 1. The van der Waals surface area contributed by atoms with Crippen molar-refractivity contribution in [2.24, 2.45) is 0 Å². The van der Waals surface area contributed by atoms with Gasteiger partial charge in [0.15, 0.2) is 0 Å². The maximum atomic E-state index is 12.1. The fourth-order valence-corrected chi connectivity index (χ4v) is 3.34. The zero-order valence-electron chi connectivity index (χ0n) is 12.3. The molecule has 4 nitrogen and oxygen atoms in total. The SMILES string of the molecule is O=S(=O)(NCCCOCc1ccccc1)c1ccc(Cl)c(Cl)c1. The van der Waals surface area contributed by atoms with Gasteiger partial charge in [-0.2, -0.15) is 0 Å². The second kappa shape index (κ2) is 8.66. The molecule has 0 unspecified atom stereocenters. The molecule has 0 saturated heterocycles. The summed E-state index contributed by atoms with van der Waals surface area (Å²) in [6, 6.07) is 14.0. The summed E-state index contributed by atoms with van der Waals surface area (Å²) >= 11 is 11.6. The summed E-state index contributed by atoms with van der Waals surface area (Å²) in [7, 11) is -3.59. The monoisotopic (exact) mass is 373 g/mol. The molecule has 0 spiro atoms. The number of benzene rings is 2. The van der Waals surface area contributed by atoms with E-state index in [1.54, 1.807) is 0 Å². The predicted molar refractivity (Wildman–Crippen MR) is 92.4 cm³/mol. The van der Waals surface area contributed by atoms with E-state index in [1.165, 1.54) is 18.2 Å². The molecule has 0 radical (unpaired) electrons. The van der Waals surface area contributed by atoms with Crippen molar-refractivity contribution >= 4 is 33.2 Å². The summed E-state index contributed by atoms with van der Waals surface area (Å²) in [4.78, 5) is 0.0945. The Morgan fingerprint density at radius 2 is 1.74 bits per heavy atom. The van der Waals surface area contributed by atoms with Gasteiger partial charge in [0.25, 0.3) is 0 Å². The number of hydrogen-bond acceptors (Lipinski definition) is 3. The first-order chi connectivity index (χ1) is 11.0. The van der Waals surface area contributed by atoms with Crippen LogP contribution in [-0.2, 0) is 21.4 Å². The Hall–Kier alpha value is -1.11. The van der Waals surface area contributed by atoms with Crippen LogP contribution in [0.2, 0.25) is 10.0 Å². The Morgan fingerprint density at radius 3 is 2.43 bits per heavy atom. The molecule has 0 atom stereocenters. The van der Waals surface area contributed by atoms with Gasteiger partial charge in [0, 0.05) is 13.2 Å². The van der Waals surface area contributed by atoms with Crippen molar-refractivity contribution in [3.63, 3.8) is 0 Å². The maximum Gasteiger partial charge on any atom is 0.240 e. The number of rotatable bonds is 8. The summed E-state index contributed by atoms with van der Waals surface area (Å²) in [5.74, 6) is 0. The van der Waals surface area contributed by atoms with Crippen LogP contribution in [0.5, 0.6) is 0 Å². The molecular weight excluding hydrogens is 357 g/mol. The van der Waals surface area contributed by atoms with E-state index in [4.69, 9.17) is 27.9 Å². The lowest BCUT2D eigenvalue weighted by Gasteiger charge is -2.08. The molecule has 2 aromatic rings. The average Bonchev–Trinajstić information content (AvgIpc) is 2.54. The lowest BCUT2D eigenvalue weighted by Crippen LogP contribution is -2.25. The third-order valence-electron chi connectivity index (χ3n) is 3.07. The molecule has 0 aliphatic heterocycles. The van der Waals surface area contributed by atoms with E-state index in [0.717, 1.165) is 5.56 Å². The molecule has 0 aliphatic rings. The van der Waals surface area contributed by atoms with Crippen molar-refractivity contribution in [1.82, 2.24) is 4.72 Å². The largest absolute Gasteiger partial charge is 0.377 e. The third-order valence-corrected chi connectivity index (χ3v) is 5.27. The van der Waals surface area contributed by atoms with E-state index in [-0.39, 0.29) is 16.5 Å². The molecular formula is C16H17Cl2NO3S. The number of ether oxygens (including phenoxy) is 1. The first kappa shape index (κ1) is 18.2. The molecule has 23 heavy (non-hydrogen) atoms. The molecule has 7 heteroatoms. The van der Waals surface area contributed by atoms with Crippen LogP contribution in [0.4, 0.5) is 0 Å².